The van der Waals surface area contributed by atoms with Crippen molar-refractivity contribution in [2.75, 3.05) is 22.9 Å². The van der Waals surface area contributed by atoms with Crippen LogP contribution in [0.15, 0.2) is 78.7 Å². The lowest BCUT2D eigenvalue weighted by atomic mass is 10.3. The second-order valence-corrected chi connectivity index (χ2v) is 9.32. The van der Waals surface area contributed by atoms with Crippen molar-refractivity contribution in [2.24, 2.45) is 0 Å². The van der Waals surface area contributed by atoms with Gasteiger partial charge in [-0.1, -0.05) is 47.5 Å². The highest BCUT2D eigenvalue weighted by atomic mass is 15.4. The first-order chi connectivity index (χ1) is 19.2. The van der Waals surface area contributed by atoms with Gasteiger partial charge in [0.15, 0.2) is 17.2 Å². The van der Waals surface area contributed by atoms with Gasteiger partial charge in [-0.15, -0.1) is 0 Å². The fraction of sp³-hybridized carbons (Fsp3) is 0.258. The molecule has 2 aromatic carbocycles. The van der Waals surface area contributed by atoms with E-state index in [4.69, 9.17) is 19.9 Å². The number of aromatic nitrogens is 6. The highest BCUT2D eigenvalue weighted by molar-refractivity contribution is 5.86. The Morgan fingerprint density at radius 2 is 1.23 bits per heavy atom. The predicted molar refractivity (Wildman–Crippen MR) is 158 cm³/mol. The van der Waals surface area contributed by atoms with Crippen molar-refractivity contribution in [3.8, 4) is 0 Å². The van der Waals surface area contributed by atoms with Crippen LogP contribution in [0.4, 0.5) is 11.6 Å². The molecule has 0 aliphatic carbocycles. The molecule has 39 heavy (non-hydrogen) atoms. The van der Waals surface area contributed by atoms with Gasteiger partial charge in [0.25, 0.3) is 5.65 Å². The Morgan fingerprint density at radius 3 is 1.77 bits per heavy atom. The van der Waals surface area contributed by atoms with Gasteiger partial charge in [0.05, 0.1) is 24.1 Å². The topological polar surface area (TPSA) is 66.9 Å². The molecule has 1 aliphatic rings. The first kappa shape index (κ1) is 24.7. The lowest BCUT2D eigenvalue weighted by molar-refractivity contribution is -0.672. The van der Waals surface area contributed by atoms with Crippen molar-refractivity contribution >= 4 is 51.1 Å². The van der Waals surface area contributed by atoms with Crippen molar-refractivity contribution in [1.29, 1.82) is 0 Å². The molecule has 3 aromatic heterocycles. The zero-order chi connectivity index (χ0) is 26.9. The molecule has 0 fully saturated rings. The highest BCUT2D eigenvalue weighted by Crippen LogP contribution is 2.39. The first-order valence-corrected chi connectivity index (χ1v) is 13.7. The normalized spacial score (nSPS) is 13.7. The fourth-order valence-corrected chi connectivity index (χ4v) is 5.37. The molecular formula is C31H33N8+. The summed E-state index contributed by atoms with van der Waals surface area (Å²) in [6, 6.07) is 16.1. The maximum atomic E-state index is 4.95. The molecule has 0 N–H and O–H groups in total. The van der Waals surface area contributed by atoms with E-state index in [1.165, 1.54) is 0 Å². The smallest absolute Gasteiger partial charge is 0.310 e. The second kappa shape index (κ2) is 10.3. The van der Waals surface area contributed by atoms with Crippen LogP contribution in [0.5, 0.6) is 0 Å². The summed E-state index contributed by atoms with van der Waals surface area (Å²) in [5, 5.41) is 0. The highest BCUT2D eigenvalue weighted by Gasteiger charge is 2.32. The Hall–Kier alpha value is -4.59. The Bertz CT molecular complexity index is 1670. The Morgan fingerprint density at radius 1 is 0.667 bits per heavy atom. The predicted octanol–water partition coefficient (Wildman–Crippen LogP) is 5.63. The molecule has 8 heteroatoms. The summed E-state index contributed by atoms with van der Waals surface area (Å²) in [7, 11) is 0. The van der Waals surface area contributed by atoms with E-state index in [2.05, 4.69) is 77.0 Å². The van der Waals surface area contributed by atoms with Crippen LogP contribution >= 0.6 is 0 Å². The van der Waals surface area contributed by atoms with E-state index in [1.54, 1.807) is 0 Å². The van der Waals surface area contributed by atoms with Gasteiger partial charge in [-0.2, -0.15) is 0 Å². The molecule has 4 heterocycles. The molecule has 0 atom stereocenters. The Kier molecular flexibility index (Phi) is 6.52. The number of fused-ring (bicyclic) bond motifs is 4. The fourth-order valence-electron chi connectivity index (χ4n) is 5.37. The third kappa shape index (κ3) is 4.12. The number of benzene rings is 2. The van der Waals surface area contributed by atoms with E-state index in [9.17, 15) is 0 Å². The van der Waals surface area contributed by atoms with Crippen molar-refractivity contribution < 1.29 is 4.57 Å². The maximum absolute atomic E-state index is 4.95. The van der Waals surface area contributed by atoms with Crippen molar-refractivity contribution in [3.63, 3.8) is 0 Å². The number of rotatable bonds is 7. The summed E-state index contributed by atoms with van der Waals surface area (Å²) in [5.74, 6) is 4.00. The number of para-hydroxylation sites is 4. The monoisotopic (exact) mass is 517 g/mol. The molecule has 1 aliphatic heterocycles. The van der Waals surface area contributed by atoms with Gasteiger partial charge in [-0.05, 0) is 58.0 Å². The minimum atomic E-state index is 0.813. The lowest BCUT2D eigenvalue weighted by Gasteiger charge is -2.21. The van der Waals surface area contributed by atoms with Gasteiger partial charge < -0.3 is 9.80 Å². The summed E-state index contributed by atoms with van der Waals surface area (Å²) in [6.45, 7) is 11.8. The molecular weight excluding hydrogens is 484 g/mol. The molecule has 0 saturated heterocycles. The Balaban J connectivity index is 1.33. The molecule has 0 unspecified atom stereocenters. The largest absolute Gasteiger partial charge is 0.323 e. The van der Waals surface area contributed by atoms with Crippen LogP contribution in [-0.4, -0.2) is 37.6 Å². The van der Waals surface area contributed by atoms with Crippen LogP contribution in [0.25, 0.3) is 39.4 Å². The number of anilines is 2. The summed E-state index contributed by atoms with van der Waals surface area (Å²) in [4.78, 5) is 24.2. The molecule has 0 bridgehead atoms. The minimum absolute atomic E-state index is 0.813. The van der Waals surface area contributed by atoms with Crippen LogP contribution in [0, 0.1) is 0 Å². The van der Waals surface area contributed by atoms with E-state index < -0.39 is 0 Å². The second-order valence-electron chi connectivity index (χ2n) is 9.32. The zero-order valence-electron chi connectivity index (χ0n) is 22.9. The Labute approximate surface area is 228 Å². The molecule has 5 aromatic rings. The van der Waals surface area contributed by atoms with E-state index in [1.807, 2.05) is 48.5 Å². The van der Waals surface area contributed by atoms with Gasteiger partial charge >= 0.3 is 5.65 Å². The van der Waals surface area contributed by atoms with Crippen molar-refractivity contribution in [1.82, 2.24) is 24.5 Å². The minimum Gasteiger partial charge on any atom is -0.310 e. The number of imidazole rings is 1. The molecule has 196 valence electrons. The molecule has 0 saturated carbocycles. The van der Waals surface area contributed by atoms with Crippen LogP contribution in [0.1, 0.15) is 33.5 Å². The van der Waals surface area contributed by atoms with Gasteiger partial charge in [-0.3, -0.25) is 0 Å². The zero-order valence-corrected chi connectivity index (χ0v) is 22.9. The number of hydrogen-bond acceptors (Lipinski definition) is 6. The van der Waals surface area contributed by atoms with Crippen LogP contribution in [0.2, 0.25) is 0 Å². The number of nitrogens with zero attached hydrogens (tertiary/aromatic N) is 8. The van der Waals surface area contributed by atoms with Gasteiger partial charge in [-0.25, -0.2) is 24.1 Å². The number of aryl methyl sites for hydroxylation is 2. The quantitative estimate of drug-likeness (QED) is 0.206. The van der Waals surface area contributed by atoms with Crippen LogP contribution in [-0.2, 0) is 13.1 Å². The van der Waals surface area contributed by atoms with Crippen molar-refractivity contribution in [3.05, 3.63) is 84.5 Å². The van der Waals surface area contributed by atoms with E-state index in [0.29, 0.717) is 0 Å². The van der Waals surface area contributed by atoms with Gasteiger partial charge in [0, 0.05) is 19.2 Å². The van der Waals surface area contributed by atoms with Crippen LogP contribution in [0.3, 0.4) is 0 Å². The third-order valence-corrected chi connectivity index (χ3v) is 7.18. The van der Waals surface area contributed by atoms with Gasteiger partial charge in [0.2, 0.25) is 5.82 Å². The summed E-state index contributed by atoms with van der Waals surface area (Å²) in [5.41, 5.74) is 5.49. The molecule has 0 amide bonds. The average molecular weight is 518 g/mol. The standard InChI is InChI=1S/C31H33N8/c1-5-36-26(37(6-2)29-28(36)32-22-16-12-13-17-23(22)33-29)20-10-9-11-21-27-38(7-3)30-31(39(27)8-4)35-25-19-15-14-18-24(25)34-30/h9-21H,5-8H2,1-4H3/q+1. The molecule has 6 rings (SSSR count). The number of allylic oxidation sites excluding steroid dienone is 4. The summed E-state index contributed by atoms with van der Waals surface area (Å²) >= 11 is 0. The van der Waals surface area contributed by atoms with Crippen LogP contribution < -0.4 is 14.4 Å². The molecule has 0 radical (unpaired) electrons. The van der Waals surface area contributed by atoms with E-state index in [0.717, 1.165) is 82.8 Å². The SMILES string of the molecule is CCN1C(=CC=CC=Cc2n(CC)c3nc4ccccc4nc3[n+]2CC)N(CC)c2nc3ccccc3nc21. The number of hydrogen-bond donors (Lipinski definition) is 0. The molecule has 0 spiro atoms. The van der Waals surface area contributed by atoms with E-state index in [-0.39, 0.29) is 0 Å². The third-order valence-electron chi connectivity index (χ3n) is 7.18. The average Bonchev–Trinajstić information content (AvgIpc) is 3.43. The van der Waals surface area contributed by atoms with Crippen molar-refractivity contribution in [2.45, 2.75) is 40.8 Å². The maximum Gasteiger partial charge on any atom is 0.323 e. The van der Waals surface area contributed by atoms with Gasteiger partial charge in [0.1, 0.15) is 11.3 Å². The lowest BCUT2D eigenvalue weighted by Crippen LogP contribution is -2.35. The summed E-state index contributed by atoms with van der Waals surface area (Å²) in [6.07, 6.45) is 10.5. The summed E-state index contributed by atoms with van der Waals surface area (Å²) < 4.78 is 4.46. The molecule has 8 nitrogen and oxygen atoms in total. The van der Waals surface area contributed by atoms with E-state index >= 15 is 0 Å². The first-order valence-electron chi connectivity index (χ1n) is 13.7.